The molecule has 4 heteroatoms. The number of carbonyl (C=O) groups excluding carboxylic acids is 1. The molecular weight excluding hydrogens is 436 g/mol. The Morgan fingerprint density at radius 3 is 1.91 bits per heavy atom. The van der Waals surface area contributed by atoms with Crippen molar-refractivity contribution in [2.75, 3.05) is 6.61 Å². The number of hydrogen-bond acceptors (Lipinski definition) is 2. The predicted molar refractivity (Wildman–Crippen MR) is 145 cm³/mol. The lowest BCUT2D eigenvalue weighted by Gasteiger charge is -2.29. The van der Waals surface area contributed by atoms with Crippen molar-refractivity contribution in [2.24, 2.45) is 0 Å². The summed E-state index contributed by atoms with van der Waals surface area (Å²) in [6.07, 6.45) is 8.49. The highest BCUT2D eigenvalue weighted by Crippen LogP contribution is 2.34. The maximum Gasteiger partial charge on any atom is 0.331 e. The maximum absolute atomic E-state index is 12.3. The van der Waals surface area contributed by atoms with Gasteiger partial charge in [-0.2, -0.15) is 0 Å². The minimum Gasteiger partial charge on any atom is -0.463 e. The Morgan fingerprint density at radius 1 is 0.818 bits per heavy atom. The summed E-state index contributed by atoms with van der Waals surface area (Å²) >= 11 is 0. The standard InChI is InChI=1S/C29H38O2Si2/c1-6-31-29(30)20-26-17-18-27(32(2,3)22-24-13-9-7-10-14-24)21-28(19-26)33(4,5)23-25-15-11-8-12-16-25/h7-16,19-21H,6,17-18,22-23H2,1-5H3/b26-20+. The molecule has 2 aromatic rings. The average Bonchev–Trinajstić information content (AvgIpc) is 2.99. The molecule has 0 spiro atoms. The number of hydrogen-bond donors (Lipinski definition) is 0. The first-order chi connectivity index (χ1) is 15.7. The van der Waals surface area contributed by atoms with Gasteiger partial charge in [-0.3, -0.25) is 0 Å². The first-order valence-corrected chi connectivity index (χ1v) is 18.5. The van der Waals surface area contributed by atoms with E-state index in [1.165, 1.54) is 16.3 Å². The highest BCUT2D eigenvalue weighted by molar-refractivity contribution is 6.86. The molecule has 0 unspecified atom stereocenters. The number of allylic oxidation sites excluding steroid dienone is 5. The van der Waals surface area contributed by atoms with E-state index in [1.807, 2.05) is 6.92 Å². The highest BCUT2D eigenvalue weighted by Gasteiger charge is 2.32. The fraction of sp³-hybridized carbons (Fsp3) is 0.345. The van der Waals surface area contributed by atoms with Gasteiger partial charge in [0.2, 0.25) is 0 Å². The second-order valence-electron chi connectivity index (χ2n) is 10.3. The van der Waals surface area contributed by atoms with E-state index in [9.17, 15) is 4.79 Å². The highest BCUT2D eigenvalue weighted by atomic mass is 28.3. The number of rotatable bonds is 8. The Morgan fingerprint density at radius 2 is 1.36 bits per heavy atom. The molecule has 0 heterocycles. The molecule has 0 saturated heterocycles. The van der Waals surface area contributed by atoms with Crippen molar-refractivity contribution in [1.82, 2.24) is 0 Å². The molecule has 0 fully saturated rings. The normalized spacial score (nSPS) is 16.1. The zero-order chi connectivity index (χ0) is 23.9. The summed E-state index contributed by atoms with van der Waals surface area (Å²) < 4.78 is 5.23. The van der Waals surface area contributed by atoms with Gasteiger partial charge < -0.3 is 4.74 Å². The molecule has 2 aromatic carbocycles. The molecule has 2 nitrogen and oxygen atoms in total. The third-order valence-corrected chi connectivity index (χ3v) is 13.1. The van der Waals surface area contributed by atoms with E-state index in [4.69, 9.17) is 4.74 Å². The lowest BCUT2D eigenvalue weighted by molar-refractivity contribution is -0.137. The Kier molecular flexibility index (Phi) is 8.49. The number of esters is 1. The second-order valence-corrected chi connectivity index (χ2v) is 19.8. The summed E-state index contributed by atoms with van der Waals surface area (Å²) in [6.45, 7) is 12.2. The van der Waals surface area contributed by atoms with Crippen molar-refractivity contribution in [2.45, 2.75) is 58.0 Å². The number of carbonyl (C=O) groups is 1. The fourth-order valence-electron chi connectivity index (χ4n) is 4.65. The topological polar surface area (TPSA) is 26.3 Å². The maximum atomic E-state index is 12.3. The van der Waals surface area contributed by atoms with Crippen LogP contribution in [-0.4, -0.2) is 28.7 Å². The third-order valence-electron chi connectivity index (χ3n) is 6.57. The largest absolute Gasteiger partial charge is 0.463 e. The van der Waals surface area contributed by atoms with Gasteiger partial charge in [-0.05, 0) is 37.4 Å². The summed E-state index contributed by atoms with van der Waals surface area (Å²) in [7, 11) is -3.46. The Bertz CT molecular complexity index is 1030. The van der Waals surface area contributed by atoms with E-state index in [2.05, 4.69) is 99.0 Å². The molecule has 33 heavy (non-hydrogen) atoms. The molecule has 0 aliphatic heterocycles. The summed E-state index contributed by atoms with van der Waals surface area (Å²) in [6, 6.07) is 23.9. The lowest BCUT2D eigenvalue weighted by atomic mass is 10.1. The summed E-state index contributed by atoms with van der Waals surface area (Å²) in [4.78, 5) is 12.3. The molecule has 0 amide bonds. The molecule has 0 atom stereocenters. The van der Waals surface area contributed by atoms with Crippen molar-refractivity contribution in [1.29, 1.82) is 0 Å². The van der Waals surface area contributed by atoms with Crippen molar-refractivity contribution in [3.05, 3.63) is 106 Å². The monoisotopic (exact) mass is 474 g/mol. The van der Waals surface area contributed by atoms with E-state index in [-0.39, 0.29) is 5.97 Å². The van der Waals surface area contributed by atoms with Crippen LogP contribution in [0.5, 0.6) is 0 Å². The summed E-state index contributed by atoms with van der Waals surface area (Å²) in [5.41, 5.74) is 3.92. The summed E-state index contributed by atoms with van der Waals surface area (Å²) in [5, 5.41) is 3.06. The zero-order valence-corrected chi connectivity index (χ0v) is 22.9. The van der Waals surface area contributed by atoms with Gasteiger partial charge in [0, 0.05) is 6.08 Å². The van der Waals surface area contributed by atoms with E-state index < -0.39 is 16.1 Å². The number of ether oxygens (including phenoxy) is 1. The van der Waals surface area contributed by atoms with Gasteiger partial charge in [-0.15, -0.1) is 0 Å². The fourth-order valence-corrected chi connectivity index (χ4v) is 10.2. The first-order valence-electron chi connectivity index (χ1n) is 12.1. The molecule has 0 saturated carbocycles. The van der Waals surface area contributed by atoms with Crippen LogP contribution >= 0.6 is 0 Å². The molecule has 0 radical (unpaired) electrons. The number of benzene rings is 2. The molecule has 174 valence electrons. The van der Waals surface area contributed by atoms with Gasteiger partial charge in [0.05, 0.1) is 22.8 Å². The van der Waals surface area contributed by atoms with E-state index in [0.29, 0.717) is 6.61 Å². The van der Waals surface area contributed by atoms with Crippen LogP contribution in [0.3, 0.4) is 0 Å². The van der Waals surface area contributed by atoms with E-state index in [0.717, 1.165) is 30.5 Å². The first kappa shape index (κ1) is 25.2. The van der Waals surface area contributed by atoms with Crippen LogP contribution in [0.15, 0.2) is 94.9 Å². The lowest BCUT2D eigenvalue weighted by Crippen LogP contribution is -2.35. The van der Waals surface area contributed by atoms with Gasteiger partial charge in [0.1, 0.15) is 0 Å². The molecule has 3 rings (SSSR count). The predicted octanol–water partition coefficient (Wildman–Crippen LogP) is 7.18. The van der Waals surface area contributed by atoms with Gasteiger partial charge in [-0.1, -0.05) is 121 Å². The molecular formula is C29H38O2Si2. The molecule has 1 aliphatic carbocycles. The van der Waals surface area contributed by atoms with Crippen molar-refractivity contribution < 1.29 is 9.53 Å². The molecule has 0 aromatic heterocycles. The SMILES string of the molecule is CCOC(=O)/C=C1/C=C([Si](C)(C)Cc2ccccc2)C=C([Si](C)(C)Cc2ccccc2)CC1. The van der Waals surface area contributed by atoms with Crippen LogP contribution in [0.1, 0.15) is 30.9 Å². The van der Waals surface area contributed by atoms with Crippen LogP contribution in [0, 0.1) is 0 Å². The third kappa shape index (κ3) is 7.28. The second kappa shape index (κ2) is 11.1. The van der Waals surface area contributed by atoms with Crippen LogP contribution in [0.2, 0.25) is 26.2 Å². The van der Waals surface area contributed by atoms with Gasteiger partial charge >= 0.3 is 5.97 Å². The quantitative estimate of drug-likeness (QED) is 0.230. The van der Waals surface area contributed by atoms with Crippen LogP contribution < -0.4 is 0 Å². The summed E-state index contributed by atoms with van der Waals surface area (Å²) in [5.74, 6) is -0.227. The molecule has 0 bridgehead atoms. The Balaban J connectivity index is 1.97. The smallest absolute Gasteiger partial charge is 0.331 e. The average molecular weight is 475 g/mol. The Hall–Kier alpha value is -2.44. The van der Waals surface area contributed by atoms with Crippen LogP contribution in [0.25, 0.3) is 0 Å². The van der Waals surface area contributed by atoms with E-state index in [1.54, 1.807) is 11.3 Å². The van der Waals surface area contributed by atoms with Crippen LogP contribution in [-0.2, 0) is 21.6 Å². The molecule has 1 aliphatic rings. The van der Waals surface area contributed by atoms with Gasteiger partial charge in [-0.25, -0.2) is 4.79 Å². The zero-order valence-electron chi connectivity index (χ0n) is 20.9. The van der Waals surface area contributed by atoms with E-state index >= 15 is 0 Å². The minimum atomic E-state index is -1.79. The van der Waals surface area contributed by atoms with Gasteiger partial charge in [0.25, 0.3) is 0 Å². The van der Waals surface area contributed by atoms with Gasteiger partial charge in [0.15, 0.2) is 0 Å². The molecule has 0 N–H and O–H groups in total. The van der Waals surface area contributed by atoms with Crippen LogP contribution in [0.4, 0.5) is 0 Å². The van der Waals surface area contributed by atoms with Crippen molar-refractivity contribution in [3.63, 3.8) is 0 Å². The minimum absolute atomic E-state index is 0.227. The van der Waals surface area contributed by atoms with Crippen molar-refractivity contribution in [3.8, 4) is 0 Å². The van der Waals surface area contributed by atoms with Crippen molar-refractivity contribution >= 4 is 22.1 Å². The Labute approximate surface area is 202 Å².